The maximum absolute atomic E-state index is 13.2. The zero-order chi connectivity index (χ0) is 28.3. The van der Waals surface area contributed by atoms with Crippen molar-refractivity contribution in [1.82, 2.24) is 31.2 Å². The second kappa shape index (κ2) is 12.3. The second-order valence-electron chi connectivity index (χ2n) is 10.5. The number of hydrogen-bond donors (Lipinski definition) is 5. The van der Waals surface area contributed by atoms with Gasteiger partial charge in [-0.1, -0.05) is 41.5 Å². The molecule has 11 nitrogen and oxygen atoms in total. The molecule has 3 heterocycles. The Morgan fingerprint density at radius 3 is 1.42 bits per heavy atom. The molecule has 13 heteroatoms. The van der Waals surface area contributed by atoms with E-state index in [0.29, 0.717) is 10.0 Å². The Kier molecular flexibility index (Phi) is 9.60. The molecule has 0 aromatic carbocycles. The van der Waals surface area contributed by atoms with E-state index in [1.165, 1.54) is 29.6 Å². The highest BCUT2D eigenvalue weighted by molar-refractivity contribution is 7.10. The average Bonchev–Trinajstić information content (AvgIpc) is 3.51. The molecule has 0 spiro atoms. The van der Waals surface area contributed by atoms with Gasteiger partial charge >= 0.3 is 0 Å². The highest BCUT2D eigenvalue weighted by atomic mass is 32.1. The van der Waals surface area contributed by atoms with Crippen LogP contribution in [-0.4, -0.2) is 56.9 Å². The first kappa shape index (κ1) is 29.7. The Morgan fingerprint density at radius 1 is 0.632 bits per heavy atom. The SMILES string of the molecule is CC(C)[C@@H]1NC(=O)c2csc(n2)[C@H](C(C)C)NC(=O)c2csc(n2)[C@H](C(C)C)NC(=O)[C@H]([C@@H](C)O)NC1=O. The molecule has 1 aliphatic heterocycles. The van der Waals surface area contributed by atoms with Crippen molar-refractivity contribution < 1.29 is 24.3 Å². The summed E-state index contributed by atoms with van der Waals surface area (Å²) in [6.07, 6.45) is -1.22. The predicted octanol–water partition coefficient (Wildman–Crippen LogP) is 2.17. The number of aliphatic hydroxyl groups excluding tert-OH is 1. The van der Waals surface area contributed by atoms with Gasteiger partial charge < -0.3 is 26.4 Å². The van der Waals surface area contributed by atoms with E-state index in [1.807, 2.05) is 27.7 Å². The van der Waals surface area contributed by atoms with Crippen LogP contribution in [0.4, 0.5) is 0 Å². The summed E-state index contributed by atoms with van der Waals surface area (Å²) in [6.45, 7) is 12.6. The first-order chi connectivity index (χ1) is 17.8. The van der Waals surface area contributed by atoms with Crippen molar-refractivity contribution in [3.05, 3.63) is 32.2 Å². The van der Waals surface area contributed by atoms with Gasteiger partial charge in [0, 0.05) is 10.8 Å². The number of aromatic nitrogens is 2. The quantitative estimate of drug-likeness (QED) is 0.380. The molecule has 2 aromatic rings. The van der Waals surface area contributed by atoms with Crippen LogP contribution in [0, 0.1) is 17.8 Å². The number of thiazole rings is 2. The second-order valence-corrected chi connectivity index (χ2v) is 12.3. The van der Waals surface area contributed by atoms with Gasteiger partial charge in [0.2, 0.25) is 11.8 Å². The fraction of sp³-hybridized carbons (Fsp3) is 0.600. The zero-order valence-corrected chi connectivity index (χ0v) is 24.2. The smallest absolute Gasteiger partial charge is 0.271 e. The van der Waals surface area contributed by atoms with E-state index < -0.39 is 53.9 Å². The van der Waals surface area contributed by atoms with E-state index in [1.54, 1.807) is 24.6 Å². The van der Waals surface area contributed by atoms with Crippen LogP contribution in [0.15, 0.2) is 10.8 Å². The summed E-state index contributed by atoms with van der Waals surface area (Å²) in [6, 6.07) is -3.28. The number of aliphatic hydroxyl groups is 1. The molecular formula is C25H36N6O5S2. The number of carbonyl (C=O) groups excluding carboxylic acids is 4. The molecule has 4 amide bonds. The predicted molar refractivity (Wildman–Crippen MR) is 145 cm³/mol. The van der Waals surface area contributed by atoms with E-state index in [-0.39, 0.29) is 29.1 Å². The van der Waals surface area contributed by atoms with Crippen molar-refractivity contribution in [2.24, 2.45) is 17.8 Å². The molecule has 2 aromatic heterocycles. The van der Waals surface area contributed by atoms with Gasteiger partial charge in [0.1, 0.15) is 33.5 Å². The Balaban J connectivity index is 2.07. The number of fused-ring (bicyclic) bond motifs is 4. The number of nitrogens with zero attached hydrogens (tertiary/aromatic N) is 2. The fourth-order valence-electron chi connectivity index (χ4n) is 3.95. The zero-order valence-electron chi connectivity index (χ0n) is 22.6. The van der Waals surface area contributed by atoms with Crippen LogP contribution in [-0.2, 0) is 9.59 Å². The molecule has 5 atom stereocenters. The first-order valence-electron chi connectivity index (χ1n) is 12.6. The summed E-state index contributed by atoms with van der Waals surface area (Å²) in [5.41, 5.74) is 0.316. The fourth-order valence-corrected chi connectivity index (χ4v) is 5.99. The third kappa shape index (κ3) is 6.75. The van der Waals surface area contributed by atoms with Crippen molar-refractivity contribution in [3.8, 4) is 0 Å². The van der Waals surface area contributed by atoms with Gasteiger partial charge in [0.15, 0.2) is 0 Å². The van der Waals surface area contributed by atoms with Crippen molar-refractivity contribution >= 4 is 46.3 Å². The Hall–Kier alpha value is -2.90. The van der Waals surface area contributed by atoms with Gasteiger partial charge in [-0.2, -0.15) is 0 Å². The molecule has 5 N–H and O–H groups in total. The molecule has 0 saturated carbocycles. The van der Waals surface area contributed by atoms with E-state index in [2.05, 4.69) is 31.2 Å². The minimum Gasteiger partial charge on any atom is -0.391 e. The maximum atomic E-state index is 13.2. The van der Waals surface area contributed by atoms with E-state index in [0.717, 1.165) is 0 Å². The summed E-state index contributed by atoms with van der Waals surface area (Å²) < 4.78 is 0. The van der Waals surface area contributed by atoms with Crippen LogP contribution in [0.2, 0.25) is 0 Å². The monoisotopic (exact) mass is 564 g/mol. The summed E-state index contributed by atoms with van der Waals surface area (Å²) in [5.74, 6) is -2.60. The standard InChI is InChI=1S/C25H36N6O5S2/c1-10(2)16-22(35)31-19(13(7)32)23(36)30-18(12(5)6)25-27-15(9-38-25)21(34)29-17(11(3)4)24-26-14(8-37-24)20(33)28-16/h8-13,16-19,32H,1-7H3,(H,28,33)(H,29,34)(H,30,36)(H,31,35)/t13-,16+,17+,18+,19+/m1/s1. The Morgan fingerprint density at radius 2 is 1.00 bits per heavy atom. The molecule has 4 bridgehead atoms. The lowest BCUT2D eigenvalue weighted by Gasteiger charge is -2.28. The number of nitrogens with one attached hydrogen (secondary N) is 4. The largest absolute Gasteiger partial charge is 0.391 e. The highest BCUT2D eigenvalue weighted by Crippen LogP contribution is 2.28. The average molecular weight is 565 g/mol. The summed E-state index contributed by atoms with van der Waals surface area (Å²) in [5, 5.41) is 25.8. The lowest BCUT2D eigenvalue weighted by Crippen LogP contribution is -2.58. The normalized spacial score (nSPS) is 24.4. The highest BCUT2D eigenvalue weighted by Gasteiger charge is 2.34. The van der Waals surface area contributed by atoms with Gasteiger partial charge in [0.05, 0.1) is 18.2 Å². The van der Waals surface area contributed by atoms with Gasteiger partial charge in [0.25, 0.3) is 11.8 Å². The molecule has 38 heavy (non-hydrogen) atoms. The van der Waals surface area contributed by atoms with Gasteiger partial charge in [-0.25, -0.2) is 9.97 Å². The molecule has 1 aliphatic rings. The molecule has 0 aliphatic carbocycles. The van der Waals surface area contributed by atoms with Crippen molar-refractivity contribution in [3.63, 3.8) is 0 Å². The molecular weight excluding hydrogens is 528 g/mol. The third-order valence-electron chi connectivity index (χ3n) is 6.26. The summed E-state index contributed by atoms with van der Waals surface area (Å²) in [7, 11) is 0. The topological polar surface area (TPSA) is 162 Å². The molecule has 0 unspecified atom stereocenters. The van der Waals surface area contributed by atoms with Crippen LogP contribution in [0.5, 0.6) is 0 Å². The first-order valence-corrected chi connectivity index (χ1v) is 14.4. The lowest BCUT2D eigenvalue weighted by molar-refractivity contribution is -0.133. The van der Waals surface area contributed by atoms with E-state index >= 15 is 0 Å². The van der Waals surface area contributed by atoms with E-state index in [9.17, 15) is 24.3 Å². The lowest BCUT2D eigenvalue weighted by atomic mass is 10.0. The molecule has 208 valence electrons. The molecule has 0 fully saturated rings. The number of hydrogen-bond acceptors (Lipinski definition) is 9. The summed E-state index contributed by atoms with van der Waals surface area (Å²) >= 11 is 2.48. The van der Waals surface area contributed by atoms with Crippen molar-refractivity contribution in [2.75, 3.05) is 0 Å². The van der Waals surface area contributed by atoms with Gasteiger partial charge in [-0.05, 0) is 24.7 Å². The molecule has 3 rings (SSSR count). The maximum Gasteiger partial charge on any atom is 0.271 e. The molecule has 0 saturated heterocycles. The van der Waals surface area contributed by atoms with Crippen LogP contribution in [0.25, 0.3) is 0 Å². The van der Waals surface area contributed by atoms with Crippen LogP contribution in [0.1, 0.15) is 91.5 Å². The van der Waals surface area contributed by atoms with Crippen LogP contribution in [0.3, 0.4) is 0 Å². The third-order valence-corrected chi connectivity index (χ3v) is 8.11. The van der Waals surface area contributed by atoms with Crippen molar-refractivity contribution in [2.45, 2.75) is 78.7 Å². The van der Waals surface area contributed by atoms with Gasteiger partial charge in [-0.15, -0.1) is 22.7 Å². The Labute approximate surface area is 230 Å². The van der Waals surface area contributed by atoms with Gasteiger partial charge in [-0.3, -0.25) is 19.2 Å². The van der Waals surface area contributed by atoms with Crippen LogP contribution >= 0.6 is 22.7 Å². The Bertz CT molecular complexity index is 1170. The van der Waals surface area contributed by atoms with Crippen molar-refractivity contribution in [1.29, 1.82) is 0 Å². The number of rotatable bonds is 4. The molecule has 0 radical (unpaired) electrons. The summed E-state index contributed by atoms with van der Waals surface area (Å²) in [4.78, 5) is 61.6. The number of carbonyl (C=O) groups is 4. The van der Waals surface area contributed by atoms with E-state index in [4.69, 9.17) is 0 Å². The number of amides is 4. The minimum atomic E-state index is -1.28. The minimum absolute atomic E-state index is 0.0287. The van der Waals surface area contributed by atoms with Crippen LogP contribution < -0.4 is 21.3 Å².